The minimum atomic E-state index is -1.61. The zero-order chi connectivity index (χ0) is 35.5. The van der Waals surface area contributed by atoms with Gasteiger partial charge in [0.1, 0.15) is 0 Å². The van der Waals surface area contributed by atoms with Crippen LogP contribution in [0.1, 0.15) is 50.5 Å². The van der Waals surface area contributed by atoms with E-state index in [1.807, 2.05) is 11.0 Å². The summed E-state index contributed by atoms with van der Waals surface area (Å²) >= 11 is 11.9. The van der Waals surface area contributed by atoms with Gasteiger partial charge in [-0.15, -0.1) is 24.8 Å². The number of hydrogen-bond donors (Lipinski definition) is 1. The van der Waals surface area contributed by atoms with Gasteiger partial charge < -0.3 is 24.2 Å². The Morgan fingerprint density at radius 1 is 0.827 bits per heavy atom. The van der Waals surface area contributed by atoms with Gasteiger partial charge >= 0.3 is 11.9 Å². The van der Waals surface area contributed by atoms with Gasteiger partial charge in [-0.2, -0.15) is 0 Å². The monoisotopic (exact) mass is 814 g/mol. The number of hydrogen-bond acceptors (Lipinski definition) is 9. The average molecular weight is 817 g/mol. The standard InChI is InChI=1S/C37H44Cl2N4O6S.2ClH/c1-4-43-23-13-14-24(43)20-25(19-23)41-15-17-42(18-16-41)31(44)21-29-33(36(45)48-2)35(32-27(38)11-8-12-28(32)39)34(37(46)49-3)30(40-29)22-50(47)26-9-6-5-7-10-26;;/h5-12,23-25,35,40H,4,13-22H2,1-3H3;2*1H/t23?,24?,25?,35-,50?;;/m0../s1. The van der Waals surface area contributed by atoms with E-state index in [0.29, 0.717) is 36.1 Å². The van der Waals surface area contributed by atoms with Crippen LogP contribution >= 0.6 is 48.0 Å². The summed E-state index contributed by atoms with van der Waals surface area (Å²) in [6.45, 7) is 6.05. The first-order valence-electron chi connectivity index (χ1n) is 17.2. The number of methoxy groups -OCH3 is 2. The number of piperazine rings is 1. The van der Waals surface area contributed by atoms with Crippen molar-refractivity contribution >= 4 is 77.0 Å². The van der Waals surface area contributed by atoms with E-state index in [9.17, 15) is 18.9 Å². The van der Waals surface area contributed by atoms with E-state index in [4.69, 9.17) is 32.7 Å². The number of dihydropyridines is 1. The van der Waals surface area contributed by atoms with Crippen molar-refractivity contribution in [2.75, 3.05) is 52.7 Å². The number of ether oxygens (including phenoxy) is 2. The van der Waals surface area contributed by atoms with E-state index in [1.165, 1.54) is 39.9 Å². The molecule has 4 heterocycles. The van der Waals surface area contributed by atoms with Crippen LogP contribution in [0.5, 0.6) is 0 Å². The predicted octanol–water partition coefficient (Wildman–Crippen LogP) is 5.74. The van der Waals surface area contributed by atoms with E-state index in [0.717, 1.165) is 19.6 Å². The zero-order valence-corrected chi connectivity index (χ0v) is 33.4. The van der Waals surface area contributed by atoms with Crippen LogP contribution in [0.2, 0.25) is 10.0 Å². The van der Waals surface area contributed by atoms with E-state index < -0.39 is 29.0 Å². The van der Waals surface area contributed by atoms with E-state index in [-0.39, 0.29) is 81.0 Å². The first-order chi connectivity index (χ1) is 24.1. The van der Waals surface area contributed by atoms with Gasteiger partial charge in [0, 0.05) is 65.6 Å². The highest BCUT2D eigenvalue weighted by Gasteiger charge is 2.44. The van der Waals surface area contributed by atoms with Gasteiger partial charge in [-0.1, -0.05) is 54.4 Å². The highest BCUT2D eigenvalue weighted by molar-refractivity contribution is 7.91. The molecule has 0 saturated carbocycles. The number of esters is 2. The Bertz CT molecular complexity index is 1640. The lowest BCUT2D eigenvalue weighted by Crippen LogP contribution is -2.56. The van der Waals surface area contributed by atoms with Crippen LogP contribution in [0.25, 0.3) is 0 Å². The Morgan fingerprint density at radius 2 is 1.38 bits per heavy atom. The molecular formula is C37H46Cl4N4O6S. The number of benzene rings is 2. The minimum Gasteiger partial charge on any atom is -0.611 e. The van der Waals surface area contributed by atoms with Crippen molar-refractivity contribution < 1.29 is 28.4 Å². The van der Waals surface area contributed by atoms with Crippen LogP contribution in [0, 0.1) is 0 Å². The maximum Gasteiger partial charge on any atom is 0.336 e. The maximum atomic E-state index is 14.1. The van der Waals surface area contributed by atoms with Crippen LogP contribution in [-0.4, -0.2) is 108 Å². The summed E-state index contributed by atoms with van der Waals surface area (Å²) in [7, 11) is 2.46. The van der Waals surface area contributed by atoms with E-state index in [2.05, 4.69) is 22.0 Å². The lowest BCUT2D eigenvalue weighted by Gasteiger charge is -2.45. The van der Waals surface area contributed by atoms with Crippen molar-refractivity contribution in [3.8, 4) is 0 Å². The second-order valence-corrected chi connectivity index (χ2v) is 15.5. The molecule has 0 aliphatic carbocycles. The van der Waals surface area contributed by atoms with Gasteiger partial charge in [0.05, 0.1) is 43.4 Å². The number of carbonyl (C=O) groups excluding carboxylic acids is 3. The molecule has 10 nitrogen and oxygen atoms in total. The average Bonchev–Trinajstić information content (AvgIpc) is 3.38. The van der Waals surface area contributed by atoms with Crippen molar-refractivity contribution in [3.63, 3.8) is 0 Å². The summed E-state index contributed by atoms with van der Waals surface area (Å²) in [6, 6.07) is 15.5. The number of nitrogens with one attached hydrogen (secondary N) is 1. The van der Waals surface area contributed by atoms with Crippen LogP contribution < -0.4 is 5.32 Å². The van der Waals surface area contributed by atoms with Crippen LogP contribution in [0.3, 0.4) is 0 Å². The highest BCUT2D eigenvalue weighted by atomic mass is 35.5. The number of halogens is 4. The van der Waals surface area contributed by atoms with Gasteiger partial charge in [0.15, 0.2) is 10.6 Å². The lowest BCUT2D eigenvalue weighted by molar-refractivity contribution is -0.137. The summed E-state index contributed by atoms with van der Waals surface area (Å²) in [5.41, 5.74) is 0.792. The van der Waals surface area contributed by atoms with Crippen LogP contribution in [0.15, 0.2) is 76.0 Å². The smallest absolute Gasteiger partial charge is 0.336 e. The summed E-state index contributed by atoms with van der Waals surface area (Å²) < 4.78 is 24.2. The molecule has 1 amide bonds. The fourth-order valence-corrected chi connectivity index (χ4v) is 10.0. The van der Waals surface area contributed by atoms with E-state index >= 15 is 0 Å². The Hall–Kier alpha value is -2.48. The maximum absolute atomic E-state index is 14.1. The van der Waals surface area contributed by atoms with Gasteiger partial charge in [-0.25, -0.2) is 9.59 Å². The largest absolute Gasteiger partial charge is 0.611 e. The Balaban J connectivity index is 0.00000302. The molecule has 3 fully saturated rings. The number of nitrogens with zero attached hydrogens (tertiary/aromatic N) is 3. The molecule has 3 saturated heterocycles. The van der Waals surface area contributed by atoms with E-state index in [1.54, 1.807) is 42.5 Å². The normalized spacial score (nSPS) is 24.0. The first kappa shape index (κ1) is 42.3. The molecule has 2 aromatic rings. The SMILES string of the molecule is CCN1C2CCC1CC(N1CCN(C(=O)CC3=C(C(=O)OC)[C@H](c4c(Cl)cccc4Cl)C(C(=O)OC)=C(C[S+]([O-])c4ccccc4)N3)CC1)C2.Cl.Cl. The third-order valence-corrected chi connectivity index (χ3v) is 12.7. The molecule has 284 valence electrons. The molecule has 2 bridgehead atoms. The molecule has 0 aromatic heterocycles. The molecule has 15 heteroatoms. The van der Waals surface area contributed by atoms with Gasteiger partial charge in [-0.3, -0.25) is 14.6 Å². The topological polar surface area (TPSA) is 114 Å². The Morgan fingerprint density at radius 3 is 1.92 bits per heavy atom. The number of fused-ring (bicyclic) bond motifs is 2. The molecule has 52 heavy (non-hydrogen) atoms. The molecule has 3 unspecified atom stereocenters. The molecule has 1 N–H and O–H groups in total. The summed E-state index contributed by atoms with van der Waals surface area (Å²) in [5.74, 6) is -2.99. The molecule has 2 aromatic carbocycles. The molecular weight excluding hydrogens is 770 g/mol. The fraction of sp³-hybridized carbons (Fsp3) is 0.486. The molecule has 0 radical (unpaired) electrons. The fourth-order valence-electron chi connectivity index (χ4n) is 8.29. The molecule has 4 aliphatic heterocycles. The minimum absolute atomic E-state index is 0. The Labute approximate surface area is 331 Å². The lowest BCUT2D eigenvalue weighted by atomic mass is 9.79. The number of carbonyl (C=O) groups is 3. The van der Waals surface area contributed by atoms with Gasteiger partial charge in [-0.05, 0) is 67.7 Å². The number of rotatable bonds is 10. The molecule has 4 aliphatic rings. The van der Waals surface area contributed by atoms with Crippen molar-refractivity contribution in [3.05, 3.63) is 86.7 Å². The molecule has 4 atom stereocenters. The first-order valence-corrected chi connectivity index (χ1v) is 19.3. The molecule has 0 spiro atoms. The predicted molar refractivity (Wildman–Crippen MR) is 208 cm³/mol. The third kappa shape index (κ3) is 8.73. The summed E-state index contributed by atoms with van der Waals surface area (Å²) in [6.07, 6.45) is 4.70. The highest BCUT2D eigenvalue weighted by Crippen LogP contribution is 2.46. The summed E-state index contributed by atoms with van der Waals surface area (Å²) in [4.78, 5) is 48.9. The second kappa shape index (κ2) is 18.7. The second-order valence-electron chi connectivity index (χ2n) is 13.2. The zero-order valence-electron chi connectivity index (χ0n) is 29.5. The number of amides is 1. The van der Waals surface area contributed by atoms with Crippen molar-refractivity contribution in [1.82, 2.24) is 20.0 Å². The van der Waals surface area contributed by atoms with Gasteiger partial charge in [0.2, 0.25) is 5.91 Å². The summed E-state index contributed by atoms with van der Waals surface area (Å²) in [5, 5.41) is 3.60. The van der Waals surface area contributed by atoms with Crippen molar-refractivity contribution in [2.45, 2.75) is 68.0 Å². The quantitative estimate of drug-likeness (QED) is 0.237. The van der Waals surface area contributed by atoms with Crippen molar-refractivity contribution in [2.24, 2.45) is 0 Å². The Kier molecular flexibility index (Phi) is 15.2. The van der Waals surface area contributed by atoms with Crippen LogP contribution in [0.4, 0.5) is 0 Å². The molecule has 6 rings (SSSR count). The third-order valence-electron chi connectivity index (χ3n) is 10.6. The number of piperidine rings is 1. The van der Waals surface area contributed by atoms with Crippen molar-refractivity contribution in [1.29, 1.82) is 0 Å². The van der Waals surface area contributed by atoms with Crippen LogP contribution in [-0.2, 0) is 35.0 Å². The van der Waals surface area contributed by atoms with Gasteiger partial charge in [0.25, 0.3) is 0 Å².